The second-order valence-electron chi connectivity index (χ2n) is 6.10. The summed E-state index contributed by atoms with van der Waals surface area (Å²) in [7, 11) is 1.49. The molecule has 0 aliphatic heterocycles. The van der Waals surface area contributed by atoms with Gasteiger partial charge in [0.05, 0.1) is 30.3 Å². The Bertz CT molecular complexity index is 860. The predicted octanol–water partition coefficient (Wildman–Crippen LogP) is 2.94. The van der Waals surface area contributed by atoms with E-state index in [-0.39, 0.29) is 12.6 Å². The van der Waals surface area contributed by atoms with Crippen LogP contribution in [0.15, 0.2) is 47.4 Å². The third-order valence-corrected chi connectivity index (χ3v) is 3.72. The highest BCUT2D eigenvalue weighted by Crippen LogP contribution is 2.22. The van der Waals surface area contributed by atoms with E-state index in [0.717, 1.165) is 16.8 Å². The first-order chi connectivity index (χ1) is 13.0. The lowest BCUT2D eigenvalue weighted by Crippen LogP contribution is -2.14. The summed E-state index contributed by atoms with van der Waals surface area (Å²) in [6.45, 7) is 6.07. The molecule has 2 aromatic rings. The molecule has 0 saturated heterocycles. The zero-order valence-electron chi connectivity index (χ0n) is 16.0. The van der Waals surface area contributed by atoms with Crippen molar-refractivity contribution in [2.75, 3.05) is 7.11 Å². The number of hydrogen-bond donors (Lipinski definition) is 1. The van der Waals surface area contributed by atoms with Crippen molar-refractivity contribution < 1.29 is 14.3 Å². The molecule has 0 spiro atoms. The largest absolute Gasteiger partial charge is 0.486 e. The number of nitrogens with zero attached hydrogens (tertiary/aromatic N) is 3. The van der Waals surface area contributed by atoms with Crippen molar-refractivity contribution in [1.29, 1.82) is 0 Å². The van der Waals surface area contributed by atoms with Gasteiger partial charge in [-0.15, -0.1) is 0 Å². The Labute approximate surface area is 159 Å². The number of aliphatic imine (C=N–C) groups is 1. The third kappa shape index (κ3) is 5.13. The molecule has 0 saturated carbocycles. The van der Waals surface area contributed by atoms with E-state index in [9.17, 15) is 4.79 Å². The lowest BCUT2D eigenvalue weighted by atomic mass is 10.0. The Balaban J connectivity index is 2.35. The fourth-order valence-corrected chi connectivity index (χ4v) is 2.37. The van der Waals surface area contributed by atoms with Crippen LogP contribution in [0.3, 0.4) is 0 Å². The lowest BCUT2D eigenvalue weighted by molar-refractivity contribution is 0.111. The number of aromatic nitrogens is 2. The quantitative estimate of drug-likeness (QED) is 0.568. The lowest BCUT2D eigenvalue weighted by Gasteiger charge is -2.14. The molecule has 0 radical (unpaired) electrons. The molecule has 0 aliphatic rings. The minimum Gasteiger partial charge on any atom is -0.486 e. The van der Waals surface area contributed by atoms with Crippen LogP contribution in [-0.4, -0.2) is 35.1 Å². The van der Waals surface area contributed by atoms with Gasteiger partial charge >= 0.3 is 0 Å². The number of rotatable bonds is 8. The van der Waals surface area contributed by atoms with Crippen molar-refractivity contribution in [2.24, 2.45) is 10.7 Å². The van der Waals surface area contributed by atoms with Crippen LogP contribution in [0, 0.1) is 0 Å². The van der Waals surface area contributed by atoms with Gasteiger partial charge in [0, 0.05) is 23.9 Å². The van der Waals surface area contributed by atoms with Gasteiger partial charge in [-0.25, -0.2) is 4.98 Å². The molecule has 0 bridgehead atoms. The first-order valence-corrected chi connectivity index (χ1v) is 8.53. The number of aldehydes is 1. The van der Waals surface area contributed by atoms with Gasteiger partial charge in [0.25, 0.3) is 0 Å². The second-order valence-corrected chi connectivity index (χ2v) is 6.10. The van der Waals surface area contributed by atoms with Crippen LogP contribution in [0.1, 0.15) is 42.4 Å². The van der Waals surface area contributed by atoms with Crippen LogP contribution < -0.4 is 15.2 Å². The number of carbonyl (C=O) groups excluding carboxylic acids is 1. The molecule has 0 amide bonds. The van der Waals surface area contributed by atoms with Crippen LogP contribution in [0.2, 0.25) is 0 Å². The van der Waals surface area contributed by atoms with Crippen LogP contribution in [-0.2, 0) is 6.61 Å². The summed E-state index contributed by atoms with van der Waals surface area (Å²) in [6, 6.07) is 5.33. The number of pyridine rings is 2. The number of hydrogen-bond acceptors (Lipinski definition) is 7. The summed E-state index contributed by atoms with van der Waals surface area (Å²) in [5.41, 5.74) is 9.13. The molecule has 2 N–H and O–H groups in total. The Morgan fingerprint density at radius 2 is 2.15 bits per heavy atom. The van der Waals surface area contributed by atoms with Gasteiger partial charge in [0.15, 0.2) is 6.29 Å². The number of methoxy groups -OCH3 is 1. The van der Waals surface area contributed by atoms with E-state index in [0.29, 0.717) is 29.2 Å². The first kappa shape index (κ1) is 20.1. The standard InChI is InChI=1S/C20H24N4O3/c1-13(2)24-19(14(3)9-21)20-15(6-5-7-22-20)12-27-17-10-23-18(26-4)8-16(17)11-25/h5-11,13H,12,21H2,1-4H3/b14-9-,24-19?. The van der Waals surface area contributed by atoms with Crippen LogP contribution in [0.25, 0.3) is 0 Å². The summed E-state index contributed by atoms with van der Waals surface area (Å²) in [4.78, 5) is 24.5. The molecule has 0 fully saturated rings. The van der Waals surface area contributed by atoms with Gasteiger partial charge in [0.1, 0.15) is 12.4 Å². The van der Waals surface area contributed by atoms with E-state index in [2.05, 4.69) is 15.0 Å². The number of nitrogens with two attached hydrogens (primary N) is 1. The molecule has 0 aliphatic carbocycles. The van der Waals surface area contributed by atoms with Gasteiger partial charge in [-0.05, 0) is 38.6 Å². The van der Waals surface area contributed by atoms with E-state index in [1.807, 2.05) is 32.9 Å². The molecule has 2 aromatic heterocycles. The predicted molar refractivity (Wildman–Crippen MR) is 104 cm³/mol. The Morgan fingerprint density at radius 1 is 1.37 bits per heavy atom. The highest BCUT2D eigenvalue weighted by Gasteiger charge is 2.15. The average Bonchev–Trinajstić information content (AvgIpc) is 2.69. The zero-order valence-corrected chi connectivity index (χ0v) is 16.0. The van der Waals surface area contributed by atoms with Crippen molar-refractivity contribution in [3.05, 3.63) is 59.2 Å². The normalized spacial score (nSPS) is 12.2. The van der Waals surface area contributed by atoms with Gasteiger partial charge in [0.2, 0.25) is 5.88 Å². The van der Waals surface area contributed by atoms with Crippen molar-refractivity contribution in [3.63, 3.8) is 0 Å². The highest BCUT2D eigenvalue weighted by molar-refractivity contribution is 6.11. The van der Waals surface area contributed by atoms with Gasteiger partial charge in [-0.2, -0.15) is 0 Å². The molecule has 0 atom stereocenters. The number of ether oxygens (including phenoxy) is 2. The van der Waals surface area contributed by atoms with Crippen molar-refractivity contribution >= 4 is 12.0 Å². The second kappa shape index (κ2) is 9.47. The minimum absolute atomic E-state index is 0.0816. The van der Waals surface area contributed by atoms with Crippen LogP contribution in [0.5, 0.6) is 11.6 Å². The molecule has 7 heteroatoms. The molecule has 142 valence electrons. The van der Waals surface area contributed by atoms with Crippen molar-refractivity contribution in [2.45, 2.75) is 33.4 Å². The molecular weight excluding hydrogens is 344 g/mol. The molecule has 0 aromatic carbocycles. The van der Waals surface area contributed by atoms with Crippen LogP contribution in [0.4, 0.5) is 0 Å². The molecule has 27 heavy (non-hydrogen) atoms. The average molecular weight is 368 g/mol. The third-order valence-electron chi connectivity index (χ3n) is 3.72. The van der Waals surface area contributed by atoms with E-state index in [1.54, 1.807) is 6.20 Å². The number of carbonyl (C=O) groups is 1. The highest BCUT2D eigenvalue weighted by atomic mass is 16.5. The van der Waals surface area contributed by atoms with E-state index >= 15 is 0 Å². The first-order valence-electron chi connectivity index (χ1n) is 8.53. The van der Waals surface area contributed by atoms with Crippen LogP contribution >= 0.6 is 0 Å². The van der Waals surface area contributed by atoms with Gasteiger partial charge in [-0.1, -0.05) is 6.07 Å². The Hall–Kier alpha value is -3.22. The van der Waals surface area contributed by atoms with Gasteiger partial charge < -0.3 is 15.2 Å². The maximum absolute atomic E-state index is 11.3. The topological polar surface area (TPSA) is 99.7 Å². The number of allylic oxidation sites excluding steroid dienone is 1. The minimum atomic E-state index is 0.0816. The van der Waals surface area contributed by atoms with Gasteiger partial charge in [-0.3, -0.25) is 14.8 Å². The Kier molecular flexibility index (Phi) is 7.05. The monoisotopic (exact) mass is 368 g/mol. The molecular formula is C20H24N4O3. The van der Waals surface area contributed by atoms with Crippen molar-refractivity contribution in [1.82, 2.24) is 9.97 Å². The summed E-state index contributed by atoms with van der Waals surface area (Å²) in [6.07, 6.45) is 5.38. The summed E-state index contributed by atoms with van der Waals surface area (Å²) >= 11 is 0. The molecule has 2 heterocycles. The molecule has 7 nitrogen and oxygen atoms in total. The maximum Gasteiger partial charge on any atom is 0.213 e. The van der Waals surface area contributed by atoms with E-state index < -0.39 is 0 Å². The fraction of sp³-hybridized carbons (Fsp3) is 0.300. The molecule has 2 rings (SSSR count). The van der Waals surface area contributed by atoms with E-state index in [4.69, 9.17) is 15.2 Å². The smallest absolute Gasteiger partial charge is 0.213 e. The summed E-state index contributed by atoms with van der Waals surface area (Å²) < 4.78 is 10.9. The molecule has 0 unspecified atom stereocenters. The summed E-state index contributed by atoms with van der Waals surface area (Å²) in [5, 5.41) is 0. The van der Waals surface area contributed by atoms with E-state index in [1.165, 1.54) is 25.6 Å². The summed E-state index contributed by atoms with van der Waals surface area (Å²) in [5.74, 6) is 0.718. The Morgan fingerprint density at radius 3 is 2.78 bits per heavy atom. The zero-order chi connectivity index (χ0) is 19.8. The fourth-order valence-electron chi connectivity index (χ4n) is 2.37. The SMILES string of the molecule is COc1cc(C=O)c(OCc2cccnc2C(=NC(C)C)/C(C)=C\N)cn1. The maximum atomic E-state index is 11.3. The van der Waals surface area contributed by atoms with Crippen molar-refractivity contribution in [3.8, 4) is 11.6 Å².